The molecule has 0 spiro atoms. The van der Waals surface area contributed by atoms with Crippen molar-refractivity contribution in [2.75, 3.05) is 13.1 Å². The molecule has 0 amide bonds. The van der Waals surface area contributed by atoms with Gasteiger partial charge in [-0.05, 0) is 38.3 Å². The maximum Gasteiger partial charge on any atom is 0.0322 e. The van der Waals surface area contributed by atoms with Crippen LogP contribution in [0.2, 0.25) is 0 Å². The second kappa shape index (κ2) is 6.39. The van der Waals surface area contributed by atoms with Crippen LogP contribution >= 0.6 is 12.4 Å². The molecule has 1 saturated heterocycles. The Hall–Kier alpha value is -0.570. The molecule has 3 unspecified atom stereocenters. The summed E-state index contributed by atoms with van der Waals surface area (Å²) in [7, 11) is 0. The minimum absolute atomic E-state index is 0. The van der Waals surface area contributed by atoms with Gasteiger partial charge < -0.3 is 5.73 Å². The van der Waals surface area contributed by atoms with Gasteiger partial charge in [0.1, 0.15) is 0 Å². The summed E-state index contributed by atoms with van der Waals surface area (Å²) in [6, 6.07) is 11.9. The predicted molar refractivity (Wildman–Crippen MR) is 75.4 cm³/mol. The van der Waals surface area contributed by atoms with Crippen LogP contribution in [-0.2, 0) is 0 Å². The number of likely N-dealkylation sites (tertiary alicyclic amines) is 1. The molecule has 0 bridgehead atoms. The van der Waals surface area contributed by atoms with E-state index in [9.17, 15) is 0 Å². The smallest absolute Gasteiger partial charge is 0.0322 e. The first-order valence-corrected chi connectivity index (χ1v) is 6.23. The van der Waals surface area contributed by atoms with Crippen LogP contribution < -0.4 is 5.73 Å². The van der Waals surface area contributed by atoms with Crippen LogP contribution in [0.25, 0.3) is 0 Å². The van der Waals surface area contributed by atoms with Gasteiger partial charge in [0.15, 0.2) is 0 Å². The Kier molecular flexibility index (Phi) is 5.44. The molecule has 0 aromatic heterocycles. The quantitative estimate of drug-likeness (QED) is 0.899. The Morgan fingerprint density at radius 1 is 1.35 bits per heavy atom. The average molecular weight is 255 g/mol. The Morgan fingerprint density at radius 3 is 2.53 bits per heavy atom. The van der Waals surface area contributed by atoms with Gasteiger partial charge in [0, 0.05) is 18.6 Å². The van der Waals surface area contributed by atoms with E-state index < -0.39 is 0 Å². The Balaban J connectivity index is 0.00000144. The largest absolute Gasteiger partial charge is 0.330 e. The van der Waals surface area contributed by atoms with Crippen LogP contribution in [0.5, 0.6) is 0 Å². The van der Waals surface area contributed by atoms with Gasteiger partial charge in [-0.1, -0.05) is 30.3 Å². The first-order chi connectivity index (χ1) is 7.72. The van der Waals surface area contributed by atoms with E-state index in [0.717, 1.165) is 13.1 Å². The van der Waals surface area contributed by atoms with E-state index >= 15 is 0 Å². The topological polar surface area (TPSA) is 29.3 Å². The molecule has 0 aliphatic carbocycles. The van der Waals surface area contributed by atoms with Crippen molar-refractivity contribution in [2.24, 2.45) is 11.7 Å². The molecular weight excluding hydrogens is 232 g/mol. The maximum absolute atomic E-state index is 5.77. The lowest BCUT2D eigenvalue weighted by atomic mass is 10.1. The van der Waals surface area contributed by atoms with Crippen molar-refractivity contribution < 1.29 is 0 Å². The highest BCUT2D eigenvalue weighted by molar-refractivity contribution is 5.85. The third-order valence-electron chi connectivity index (χ3n) is 3.82. The van der Waals surface area contributed by atoms with E-state index in [1.165, 1.54) is 12.0 Å². The number of nitrogens with two attached hydrogens (primary N) is 1. The monoisotopic (exact) mass is 254 g/mol. The van der Waals surface area contributed by atoms with E-state index in [4.69, 9.17) is 5.73 Å². The fourth-order valence-electron chi connectivity index (χ4n) is 2.80. The highest BCUT2D eigenvalue weighted by atomic mass is 35.5. The molecule has 1 aromatic carbocycles. The number of hydrogen-bond donors (Lipinski definition) is 1. The summed E-state index contributed by atoms with van der Waals surface area (Å²) >= 11 is 0. The van der Waals surface area contributed by atoms with E-state index in [1.807, 2.05) is 0 Å². The molecule has 0 radical (unpaired) electrons. The summed E-state index contributed by atoms with van der Waals surface area (Å²) in [4.78, 5) is 2.58. The average Bonchev–Trinajstić information content (AvgIpc) is 2.71. The number of halogens is 1. The summed E-state index contributed by atoms with van der Waals surface area (Å²) in [5.41, 5.74) is 7.18. The normalized spacial score (nSPS) is 26.5. The highest BCUT2D eigenvalue weighted by Crippen LogP contribution is 2.31. The van der Waals surface area contributed by atoms with Gasteiger partial charge in [0.2, 0.25) is 0 Å². The molecule has 2 nitrogen and oxygen atoms in total. The van der Waals surface area contributed by atoms with Gasteiger partial charge >= 0.3 is 0 Å². The second-order valence-electron chi connectivity index (χ2n) is 4.97. The zero-order chi connectivity index (χ0) is 11.5. The van der Waals surface area contributed by atoms with Crippen molar-refractivity contribution in [3.63, 3.8) is 0 Å². The summed E-state index contributed by atoms with van der Waals surface area (Å²) < 4.78 is 0. The van der Waals surface area contributed by atoms with Crippen molar-refractivity contribution in [1.29, 1.82) is 0 Å². The first kappa shape index (κ1) is 14.5. The molecule has 1 fully saturated rings. The molecule has 1 aliphatic rings. The number of rotatable bonds is 3. The Morgan fingerprint density at radius 2 is 2.00 bits per heavy atom. The Labute approximate surface area is 111 Å². The van der Waals surface area contributed by atoms with Gasteiger partial charge in [0.25, 0.3) is 0 Å². The van der Waals surface area contributed by atoms with Crippen LogP contribution in [0.15, 0.2) is 30.3 Å². The predicted octanol–water partition coefficient (Wildman–Crippen LogP) is 2.84. The van der Waals surface area contributed by atoms with Crippen LogP contribution in [-0.4, -0.2) is 24.0 Å². The highest BCUT2D eigenvalue weighted by Gasteiger charge is 2.31. The molecule has 2 N–H and O–H groups in total. The minimum Gasteiger partial charge on any atom is -0.330 e. The van der Waals surface area contributed by atoms with Crippen molar-refractivity contribution in [1.82, 2.24) is 4.90 Å². The van der Waals surface area contributed by atoms with Gasteiger partial charge in [0.05, 0.1) is 0 Å². The van der Waals surface area contributed by atoms with Crippen LogP contribution in [0, 0.1) is 5.92 Å². The van der Waals surface area contributed by atoms with Crippen molar-refractivity contribution in [2.45, 2.75) is 32.4 Å². The van der Waals surface area contributed by atoms with Crippen LogP contribution in [0.3, 0.4) is 0 Å². The van der Waals surface area contributed by atoms with Crippen molar-refractivity contribution >= 4 is 12.4 Å². The SMILES string of the molecule is CC1CC(CN)CN1C(C)c1ccccc1.Cl. The van der Waals surface area contributed by atoms with E-state index in [0.29, 0.717) is 18.0 Å². The standard InChI is InChI=1S/C14H22N2.ClH/c1-11-8-13(9-15)10-16(11)12(2)14-6-4-3-5-7-14;/h3-7,11-13H,8-10,15H2,1-2H3;1H. The fraction of sp³-hybridized carbons (Fsp3) is 0.571. The van der Waals surface area contributed by atoms with Gasteiger partial charge in [-0.25, -0.2) is 0 Å². The number of benzene rings is 1. The fourth-order valence-corrected chi connectivity index (χ4v) is 2.80. The Bertz CT molecular complexity index is 328. The lowest BCUT2D eigenvalue weighted by Crippen LogP contribution is -2.30. The van der Waals surface area contributed by atoms with E-state index in [1.54, 1.807) is 0 Å². The molecule has 1 aromatic rings. The van der Waals surface area contributed by atoms with Crippen molar-refractivity contribution in [3.8, 4) is 0 Å². The molecular formula is C14H23ClN2. The summed E-state index contributed by atoms with van der Waals surface area (Å²) in [6.45, 7) is 6.58. The molecule has 3 heteroatoms. The minimum atomic E-state index is 0. The molecule has 2 rings (SSSR count). The lowest BCUT2D eigenvalue weighted by Gasteiger charge is -2.29. The summed E-state index contributed by atoms with van der Waals surface area (Å²) in [5, 5.41) is 0. The number of hydrogen-bond acceptors (Lipinski definition) is 2. The summed E-state index contributed by atoms with van der Waals surface area (Å²) in [6.07, 6.45) is 1.24. The van der Waals surface area contributed by atoms with Gasteiger partial charge in [-0.3, -0.25) is 4.90 Å². The number of nitrogens with zero attached hydrogens (tertiary/aromatic N) is 1. The molecule has 1 heterocycles. The van der Waals surface area contributed by atoms with Crippen molar-refractivity contribution in [3.05, 3.63) is 35.9 Å². The van der Waals surface area contributed by atoms with Crippen LogP contribution in [0.1, 0.15) is 31.9 Å². The third-order valence-corrected chi connectivity index (χ3v) is 3.82. The third kappa shape index (κ3) is 3.21. The van der Waals surface area contributed by atoms with E-state index in [2.05, 4.69) is 49.1 Å². The molecule has 3 atom stereocenters. The molecule has 1 aliphatic heterocycles. The van der Waals surface area contributed by atoms with Gasteiger partial charge in [-0.15, -0.1) is 12.4 Å². The second-order valence-corrected chi connectivity index (χ2v) is 4.97. The summed E-state index contributed by atoms with van der Waals surface area (Å²) in [5.74, 6) is 0.682. The maximum atomic E-state index is 5.77. The zero-order valence-electron chi connectivity index (χ0n) is 10.7. The molecule has 96 valence electrons. The van der Waals surface area contributed by atoms with Crippen LogP contribution in [0.4, 0.5) is 0 Å². The zero-order valence-corrected chi connectivity index (χ0v) is 11.5. The molecule has 17 heavy (non-hydrogen) atoms. The van der Waals surface area contributed by atoms with E-state index in [-0.39, 0.29) is 12.4 Å². The first-order valence-electron chi connectivity index (χ1n) is 6.23. The van der Waals surface area contributed by atoms with Gasteiger partial charge in [-0.2, -0.15) is 0 Å². The lowest BCUT2D eigenvalue weighted by molar-refractivity contribution is 0.200. The molecule has 0 saturated carbocycles.